The molecule has 10 heteroatoms. The van der Waals surface area contributed by atoms with Gasteiger partial charge in [0.2, 0.25) is 11.8 Å². The predicted molar refractivity (Wildman–Crippen MR) is 147 cm³/mol. The molecule has 0 fully saturated rings. The summed E-state index contributed by atoms with van der Waals surface area (Å²) < 4.78 is 41.8. The third-order valence-electron chi connectivity index (χ3n) is 5.87. The maximum Gasteiger partial charge on any atom is 0.264 e. The molecular formula is C28H31ClFN3O4S. The molecule has 0 aliphatic rings. The lowest BCUT2D eigenvalue weighted by molar-refractivity contribution is -0.139. The fourth-order valence-corrected chi connectivity index (χ4v) is 5.29. The zero-order chi connectivity index (χ0) is 28.0. The Balaban J connectivity index is 2.02. The maximum atomic E-state index is 13.8. The van der Waals surface area contributed by atoms with E-state index in [0.29, 0.717) is 5.02 Å². The van der Waals surface area contributed by atoms with Gasteiger partial charge < -0.3 is 10.2 Å². The van der Waals surface area contributed by atoms with Crippen molar-refractivity contribution in [3.05, 3.63) is 94.8 Å². The summed E-state index contributed by atoms with van der Waals surface area (Å²) in [6, 6.07) is 16.9. The Hall–Kier alpha value is -3.43. The Morgan fingerprint density at radius 3 is 2.05 bits per heavy atom. The molecule has 3 aromatic rings. The Kier molecular flexibility index (Phi) is 9.51. The molecule has 0 radical (unpaired) electrons. The SMILES string of the molecule is Cc1ccc(N(CC(=O)N(Cc2ccc(Cl)cc2)[C@@H](C)C(=O)NC(C)C)S(=O)(=O)c2ccc(F)cc2)cc1. The molecule has 0 aromatic heterocycles. The van der Waals surface area contributed by atoms with Gasteiger partial charge in [0.25, 0.3) is 10.0 Å². The van der Waals surface area contributed by atoms with Crippen LogP contribution in [0.1, 0.15) is 31.9 Å². The first-order valence-electron chi connectivity index (χ1n) is 12.1. The van der Waals surface area contributed by atoms with Gasteiger partial charge in [0.05, 0.1) is 10.6 Å². The van der Waals surface area contributed by atoms with Crippen LogP contribution in [0.2, 0.25) is 5.02 Å². The van der Waals surface area contributed by atoms with E-state index in [4.69, 9.17) is 11.6 Å². The molecule has 2 amide bonds. The summed E-state index contributed by atoms with van der Waals surface area (Å²) in [5, 5.41) is 3.33. The Morgan fingerprint density at radius 1 is 0.921 bits per heavy atom. The molecule has 3 rings (SSSR count). The first-order chi connectivity index (χ1) is 17.9. The molecule has 1 N–H and O–H groups in total. The number of nitrogens with zero attached hydrogens (tertiary/aromatic N) is 2. The van der Waals surface area contributed by atoms with E-state index in [-0.39, 0.29) is 29.1 Å². The first-order valence-corrected chi connectivity index (χ1v) is 13.9. The van der Waals surface area contributed by atoms with Crippen LogP contribution >= 0.6 is 11.6 Å². The lowest BCUT2D eigenvalue weighted by Crippen LogP contribution is -2.52. The standard InChI is InChI=1S/C28H31ClFN3O4S/c1-19(2)31-28(35)21(4)32(17-22-7-9-23(29)10-8-22)27(34)18-33(25-13-5-20(3)6-14-25)38(36,37)26-15-11-24(30)12-16-26/h5-16,19,21H,17-18H2,1-4H3,(H,31,35)/t21-/m0/s1. The monoisotopic (exact) mass is 559 g/mol. The Bertz CT molecular complexity index is 1360. The lowest BCUT2D eigenvalue weighted by atomic mass is 10.1. The van der Waals surface area contributed by atoms with Gasteiger partial charge in [-0.3, -0.25) is 13.9 Å². The van der Waals surface area contributed by atoms with Gasteiger partial charge in [0, 0.05) is 17.6 Å². The average molecular weight is 560 g/mol. The van der Waals surface area contributed by atoms with Crippen molar-refractivity contribution in [2.24, 2.45) is 0 Å². The van der Waals surface area contributed by atoms with Crippen LogP contribution < -0.4 is 9.62 Å². The second-order valence-corrected chi connectivity index (χ2v) is 11.6. The number of benzene rings is 3. The van der Waals surface area contributed by atoms with Crippen LogP contribution in [-0.2, 0) is 26.2 Å². The summed E-state index contributed by atoms with van der Waals surface area (Å²) in [7, 11) is -4.25. The highest BCUT2D eigenvalue weighted by Gasteiger charge is 2.32. The van der Waals surface area contributed by atoms with Gasteiger partial charge in [-0.1, -0.05) is 41.4 Å². The summed E-state index contributed by atoms with van der Waals surface area (Å²) in [5.41, 5.74) is 1.89. The minimum Gasteiger partial charge on any atom is -0.352 e. The molecule has 1 atom stereocenters. The van der Waals surface area contributed by atoms with Crippen molar-refractivity contribution in [3.8, 4) is 0 Å². The van der Waals surface area contributed by atoms with Crippen LogP contribution in [-0.4, -0.2) is 43.8 Å². The van der Waals surface area contributed by atoms with Crippen LogP contribution in [0.3, 0.4) is 0 Å². The second kappa shape index (κ2) is 12.4. The molecular weight excluding hydrogens is 529 g/mol. The fraction of sp³-hybridized carbons (Fsp3) is 0.286. The molecule has 38 heavy (non-hydrogen) atoms. The van der Waals surface area contributed by atoms with E-state index in [1.165, 1.54) is 4.90 Å². The molecule has 0 saturated heterocycles. The van der Waals surface area contributed by atoms with Crippen LogP contribution in [0, 0.1) is 12.7 Å². The molecule has 202 valence electrons. The zero-order valence-corrected chi connectivity index (χ0v) is 23.3. The summed E-state index contributed by atoms with van der Waals surface area (Å²) in [6.07, 6.45) is 0. The van der Waals surface area contributed by atoms with Gasteiger partial charge in [-0.15, -0.1) is 0 Å². The van der Waals surface area contributed by atoms with Crippen LogP contribution in [0.25, 0.3) is 0 Å². The smallest absolute Gasteiger partial charge is 0.264 e. The normalized spacial score (nSPS) is 12.2. The molecule has 0 saturated carbocycles. The summed E-state index contributed by atoms with van der Waals surface area (Å²) in [6.45, 7) is 6.55. The van der Waals surface area contributed by atoms with E-state index in [2.05, 4.69) is 5.32 Å². The van der Waals surface area contributed by atoms with Crippen molar-refractivity contribution in [1.29, 1.82) is 0 Å². The summed E-state index contributed by atoms with van der Waals surface area (Å²) in [5.74, 6) is -1.54. The van der Waals surface area contributed by atoms with Gasteiger partial charge in [-0.05, 0) is 81.8 Å². The minimum absolute atomic E-state index is 0.0566. The molecule has 0 spiro atoms. The van der Waals surface area contributed by atoms with Gasteiger partial charge in [0.15, 0.2) is 0 Å². The van der Waals surface area contributed by atoms with Crippen molar-refractivity contribution in [3.63, 3.8) is 0 Å². The van der Waals surface area contributed by atoms with Crippen LogP contribution in [0.15, 0.2) is 77.7 Å². The van der Waals surface area contributed by atoms with Gasteiger partial charge in [0.1, 0.15) is 18.4 Å². The van der Waals surface area contributed by atoms with Crippen molar-refractivity contribution >= 4 is 39.1 Å². The van der Waals surface area contributed by atoms with Gasteiger partial charge >= 0.3 is 0 Å². The number of carbonyl (C=O) groups is 2. The number of aryl methyl sites for hydroxylation is 1. The van der Waals surface area contributed by atoms with Crippen molar-refractivity contribution < 1.29 is 22.4 Å². The molecule has 0 aliphatic carbocycles. The molecule has 0 aliphatic heterocycles. The van der Waals surface area contributed by atoms with E-state index >= 15 is 0 Å². The van der Waals surface area contributed by atoms with E-state index < -0.39 is 34.3 Å². The Morgan fingerprint density at radius 2 is 1.50 bits per heavy atom. The highest BCUT2D eigenvalue weighted by atomic mass is 35.5. The predicted octanol–water partition coefficient (Wildman–Crippen LogP) is 4.92. The molecule has 7 nitrogen and oxygen atoms in total. The number of hydrogen-bond acceptors (Lipinski definition) is 4. The molecule has 3 aromatic carbocycles. The number of hydrogen-bond donors (Lipinski definition) is 1. The highest BCUT2D eigenvalue weighted by Crippen LogP contribution is 2.25. The third kappa shape index (κ3) is 7.33. The van der Waals surface area contributed by atoms with E-state index in [1.807, 2.05) is 20.8 Å². The number of carbonyl (C=O) groups excluding carboxylic acids is 2. The maximum absolute atomic E-state index is 13.8. The highest BCUT2D eigenvalue weighted by molar-refractivity contribution is 7.92. The fourth-order valence-electron chi connectivity index (χ4n) is 3.75. The van der Waals surface area contributed by atoms with Crippen LogP contribution in [0.5, 0.6) is 0 Å². The van der Waals surface area contributed by atoms with Crippen molar-refractivity contribution in [1.82, 2.24) is 10.2 Å². The second-order valence-electron chi connectivity index (χ2n) is 9.29. The molecule has 0 heterocycles. The number of halogens is 2. The van der Waals surface area contributed by atoms with E-state index in [1.54, 1.807) is 55.5 Å². The minimum atomic E-state index is -4.25. The number of anilines is 1. The molecule has 0 unspecified atom stereocenters. The summed E-state index contributed by atoms with van der Waals surface area (Å²) in [4.78, 5) is 27.8. The summed E-state index contributed by atoms with van der Waals surface area (Å²) >= 11 is 6.01. The number of amides is 2. The largest absolute Gasteiger partial charge is 0.352 e. The quantitative estimate of drug-likeness (QED) is 0.382. The molecule has 0 bridgehead atoms. The van der Waals surface area contributed by atoms with Crippen LogP contribution in [0.4, 0.5) is 10.1 Å². The first kappa shape index (κ1) is 29.1. The van der Waals surface area contributed by atoms with Crippen molar-refractivity contribution in [2.45, 2.75) is 51.2 Å². The van der Waals surface area contributed by atoms with E-state index in [9.17, 15) is 22.4 Å². The van der Waals surface area contributed by atoms with Crippen molar-refractivity contribution in [2.75, 3.05) is 10.8 Å². The lowest BCUT2D eigenvalue weighted by Gasteiger charge is -2.32. The van der Waals surface area contributed by atoms with Gasteiger partial charge in [-0.2, -0.15) is 0 Å². The zero-order valence-electron chi connectivity index (χ0n) is 21.7. The topological polar surface area (TPSA) is 86.8 Å². The third-order valence-corrected chi connectivity index (χ3v) is 7.91. The van der Waals surface area contributed by atoms with Gasteiger partial charge in [-0.25, -0.2) is 12.8 Å². The number of nitrogens with one attached hydrogen (secondary N) is 1. The van der Waals surface area contributed by atoms with E-state index in [0.717, 1.165) is 39.7 Å². The number of rotatable bonds is 10. The average Bonchev–Trinajstić information content (AvgIpc) is 2.87. The number of sulfonamides is 1. The Labute approximate surface area is 228 Å².